The maximum atomic E-state index is 5.42. The van der Waals surface area contributed by atoms with Gasteiger partial charge in [0.15, 0.2) is 23.2 Å². The highest BCUT2D eigenvalue weighted by Crippen LogP contribution is 2.30. The fraction of sp³-hybridized carbons (Fsp3) is 0.500. The first kappa shape index (κ1) is 20.6. The summed E-state index contributed by atoms with van der Waals surface area (Å²) in [4.78, 5) is 6.41. The molecule has 0 aliphatic heterocycles. The topological polar surface area (TPSA) is 72.1 Å². The number of methoxy groups -OCH3 is 2. The standard InChI is InChI=1S/C20H30N4O3/c1-13(2)17-10-16(27-23-17)11-22-20(21-4)24(5)12-15-9-19(26-7)18(25-6)8-14(15)3/h8-10,13H,11-12H2,1-7H3,(H,21,22). The monoisotopic (exact) mass is 374 g/mol. The third-order valence-corrected chi connectivity index (χ3v) is 4.41. The van der Waals surface area contributed by atoms with E-state index in [4.69, 9.17) is 14.0 Å². The van der Waals surface area contributed by atoms with E-state index in [9.17, 15) is 0 Å². The van der Waals surface area contributed by atoms with E-state index in [1.807, 2.05) is 30.1 Å². The number of nitrogens with one attached hydrogen (secondary N) is 1. The molecule has 0 saturated carbocycles. The van der Waals surface area contributed by atoms with Gasteiger partial charge in [0.1, 0.15) is 0 Å². The van der Waals surface area contributed by atoms with Crippen LogP contribution < -0.4 is 14.8 Å². The Morgan fingerprint density at radius 2 is 1.89 bits per heavy atom. The number of aromatic nitrogens is 1. The number of rotatable bonds is 7. The van der Waals surface area contributed by atoms with Gasteiger partial charge in [-0.15, -0.1) is 0 Å². The van der Waals surface area contributed by atoms with E-state index in [1.165, 1.54) is 0 Å². The summed E-state index contributed by atoms with van der Waals surface area (Å²) >= 11 is 0. The summed E-state index contributed by atoms with van der Waals surface area (Å²) in [5.41, 5.74) is 3.22. The lowest BCUT2D eigenvalue weighted by Gasteiger charge is -2.23. The Kier molecular flexibility index (Phi) is 7.10. The van der Waals surface area contributed by atoms with E-state index >= 15 is 0 Å². The fourth-order valence-electron chi connectivity index (χ4n) is 2.76. The van der Waals surface area contributed by atoms with Crippen LogP contribution in [0.3, 0.4) is 0 Å². The van der Waals surface area contributed by atoms with Gasteiger partial charge in [-0.3, -0.25) is 4.99 Å². The van der Waals surface area contributed by atoms with Gasteiger partial charge >= 0.3 is 0 Å². The molecule has 1 aromatic carbocycles. The molecule has 1 heterocycles. The zero-order valence-corrected chi connectivity index (χ0v) is 17.3. The van der Waals surface area contributed by atoms with Crippen molar-refractivity contribution < 1.29 is 14.0 Å². The van der Waals surface area contributed by atoms with Crippen molar-refractivity contribution >= 4 is 5.96 Å². The second-order valence-corrected chi connectivity index (χ2v) is 6.76. The van der Waals surface area contributed by atoms with E-state index in [0.717, 1.165) is 40.0 Å². The number of ether oxygens (including phenoxy) is 2. The largest absolute Gasteiger partial charge is 0.493 e. The number of aryl methyl sites for hydroxylation is 1. The van der Waals surface area contributed by atoms with E-state index in [-0.39, 0.29) is 0 Å². The van der Waals surface area contributed by atoms with Gasteiger partial charge in [-0.05, 0) is 36.1 Å². The van der Waals surface area contributed by atoms with Gasteiger partial charge in [-0.1, -0.05) is 19.0 Å². The summed E-state index contributed by atoms with van der Waals surface area (Å²) in [5, 5.41) is 7.40. The Bertz CT molecular complexity index is 784. The molecule has 0 radical (unpaired) electrons. The Hall–Kier alpha value is -2.70. The Morgan fingerprint density at radius 3 is 2.44 bits per heavy atom. The molecular formula is C20H30N4O3. The molecule has 2 aromatic rings. The zero-order chi connectivity index (χ0) is 20.0. The summed E-state index contributed by atoms with van der Waals surface area (Å²) in [6.45, 7) is 7.45. The molecule has 1 aromatic heterocycles. The number of benzene rings is 1. The molecule has 0 unspecified atom stereocenters. The summed E-state index contributed by atoms with van der Waals surface area (Å²) < 4.78 is 16.2. The molecule has 2 rings (SSSR count). The number of aliphatic imine (C=N–C) groups is 1. The van der Waals surface area contributed by atoms with Crippen LogP contribution >= 0.6 is 0 Å². The third-order valence-electron chi connectivity index (χ3n) is 4.41. The average molecular weight is 374 g/mol. The smallest absolute Gasteiger partial charge is 0.194 e. The summed E-state index contributed by atoms with van der Waals surface area (Å²) in [6, 6.07) is 5.97. The predicted molar refractivity (Wildman–Crippen MR) is 107 cm³/mol. The second-order valence-electron chi connectivity index (χ2n) is 6.76. The Morgan fingerprint density at radius 1 is 1.22 bits per heavy atom. The molecule has 7 nitrogen and oxygen atoms in total. The first-order chi connectivity index (χ1) is 12.9. The van der Waals surface area contributed by atoms with Crippen molar-refractivity contribution in [3.63, 3.8) is 0 Å². The summed E-state index contributed by atoms with van der Waals surface area (Å²) in [5.74, 6) is 3.35. The van der Waals surface area contributed by atoms with E-state index in [1.54, 1.807) is 21.3 Å². The number of hydrogen-bond acceptors (Lipinski definition) is 5. The molecule has 0 fully saturated rings. The van der Waals surface area contributed by atoms with Crippen molar-refractivity contribution in [1.82, 2.24) is 15.4 Å². The normalized spacial score (nSPS) is 11.6. The van der Waals surface area contributed by atoms with Gasteiger partial charge in [0, 0.05) is 26.7 Å². The molecule has 0 aliphatic rings. The van der Waals surface area contributed by atoms with Crippen molar-refractivity contribution in [2.75, 3.05) is 28.3 Å². The van der Waals surface area contributed by atoms with Crippen molar-refractivity contribution in [1.29, 1.82) is 0 Å². The van der Waals surface area contributed by atoms with Crippen molar-refractivity contribution in [3.8, 4) is 11.5 Å². The van der Waals surface area contributed by atoms with Gasteiger partial charge in [0.25, 0.3) is 0 Å². The number of guanidine groups is 1. The molecule has 0 aliphatic carbocycles. The van der Waals surface area contributed by atoms with Crippen LogP contribution in [0.5, 0.6) is 11.5 Å². The molecule has 27 heavy (non-hydrogen) atoms. The maximum Gasteiger partial charge on any atom is 0.194 e. The van der Waals surface area contributed by atoms with Crippen LogP contribution in [0.25, 0.3) is 0 Å². The maximum absolute atomic E-state index is 5.42. The fourth-order valence-corrected chi connectivity index (χ4v) is 2.76. The molecule has 7 heteroatoms. The second kappa shape index (κ2) is 9.30. The molecule has 0 spiro atoms. The molecule has 0 amide bonds. The minimum absolute atomic E-state index is 0.345. The Labute approximate surface area is 161 Å². The average Bonchev–Trinajstić information content (AvgIpc) is 3.12. The summed E-state index contributed by atoms with van der Waals surface area (Å²) in [6.07, 6.45) is 0. The van der Waals surface area contributed by atoms with Crippen LogP contribution in [0.15, 0.2) is 27.7 Å². The van der Waals surface area contributed by atoms with E-state index in [0.29, 0.717) is 19.0 Å². The van der Waals surface area contributed by atoms with Crippen molar-refractivity contribution in [2.45, 2.75) is 39.8 Å². The first-order valence-electron chi connectivity index (χ1n) is 8.98. The molecule has 0 saturated heterocycles. The molecule has 0 atom stereocenters. The minimum Gasteiger partial charge on any atom is -0.493 e. The predicted octanol–water partition coefficient (Wildman–Crippen LogP) is 3.33. The van der Waals surface area contributed by atoms with E-state index < -0.39 is 0 Å². The van der Waals surface area contributed by atoms with Crippen LogP contribution in [0.4, 0.5) is 0 Å². The van der Waals surface area contributed by atoms with Gasteiger partial charge in [-0.2, -0.15) is 0 Å². The van der Waals surface area contributed by atoms with Gasteiger partial charge in [0.05, 0.1) is 26.5 Å². The molecule has 1 N–H and O–H groups in total. The first-order valence-corrected chi connectivity index (χ1v) is 8.98. The van der Waals surface area contributed by atoms with Gasteiger partial charge < -0.3 is 24.2 Å². The molecule has 0 bridgehead atoms. The highest BCUT2D eigenvalue weighted by atomic mass is 16.5. The van der Waals surface area contributed by atoms with Crippen LogP contribution in [0, 0.1) is 6.92 Å². The number of nitrogens with zero attached hydrogens (tertiary/aromatic N) is 3. The SMILES string of the molecule is CN=C(NCc1cc(C(C)C)no1)N(C)Cc1cc(OC)c(OC)cc1C. The lowest BCUT2D eigenvalue weighted by atomic mass is 10.1. The van der Waals surface area contributed by atoms with Crippen LogP contribution in [0.2, 0.25) is 0 Å². The highest BCUT2D eigenvalue weighted by Gasteiger charge is 2.14. The van der Waals surface area contributed by atoms with Crippen LogP contribution in [-0.2, 0) is 13.1 Å². The highest BCUT2D eigenvalue weighted by molar-refractivity contribution is 5.79. The number of hydrogen-bond donors (Lipinski definition) is 1. The van der Waals surface area contributed by atoms with Gasteiger partial charge in [0.2, 0.25) is 0 Å². The quantitative estimate of drug-likeness (QED) is 0.592. The summed E-state index contributed by atoms with van der Waals surface area (Å²) in [7, 11) is 7.04. The molecule has 148 valence electrons. The van der Waals surface area contributed by atoms with Crippen molar-refractivity contribution in [3.05, 3.63) is 40.8 Å². The van der Waals surface area contributed by atoms with E-state index in [2.05, 4.69) is 36.2 Å². The zero-order valence-electron chi connectivity index (χ0n) is 17.3. The third kappa shape index (κ3) is 5.15. The lowest BCUT2D eigenvalue weighted by Crippen LogP contribution is -2.38. The van der Waals surface area contributed by atoms with Crippen LogP contribution in [-0.4, -0.2) is 44.3 Å². The minimum atomic E-state index is 0.345. The molecular weight excluding hydrogens is 344 g/mol. The Balaban J connectivity index is 2.05. The van der Waals surface area contributed by atoms with Crippen molar-refractivity contribution in [2.24, 2.45) is 4.99 Å². The van der Waals surface area contributed by atoms with Gasteiger partial charge in [-0.25, -0.2) is 0 Å². The lowest BCUT2D eigenvalue weighted by molar-refractivity contribution is 0.353. The van der Waals surface area contributed by atoms with Crippen LogP contribution in [0.1, 0.15) is 42.3 Å².